The first-order valence-corrected chi connectivity index (χ1v) is 6.27. The molecule has 0 radical (unpaired) electrons. The number of fused-ring (bicyclic) bond motifs is 1. The molecule has 0 nitrogen and oxygen atoms in total. The molecule has 15 heavy (non-hydrogen) atoms. The zero-order chi connectivity index (χ0) is 11.2. The Labute approximate surface area is 99.9 Å². The fourth-order valence-corrected chi connectivity index (χ4v) is 3.22. The normalized spacial score (nSPS) is 12.3. The Kier molecular flexibility index (Phi) is 2.56. The van der Waals surface area contributed by atoms with Crippen molar-refractivity contribution in [3.63, 3.8) is 0 Å². The minimum atomic E-state index is 0.209. The first-order valence-electron chi connectivity index (χ1n) is 5.08. The molecule has 0 atom stereocenters. The second-order valence-electron chi connectivity index (χ2n) is 5.02. The molecule has 0 aliphatic carbocycles. The highest BCUT2D eigenvalue weighted by molar-refractivity contribution is 7.19. The number of benzene rings is 1. The summed E-state index contributed by atoms with van der Waals surface area (Å²) >= 11 is 8.08. The minimum Gasteiger partial charge on any atom is -0.140 e. The summed E-state index contributed by atoms with van der Waals surface area (Å²) in [6.45, 7) is 8.79. The quantitative estimate of drug-likeness (QED) is 0.595. The highest BCUT2D eigenvalue weighted by Gasteiger charge is 2.17. The molecule has 0 unspecified atom stereocenters. The van der Waals surface area contributed by atoms with Gasteiger partial charge in [-0.3, -0.25) is 0 Å². The summed E-state index contributed by atoms with van der Waals surface area (Å²) in [6.07, 6.45) is 0. The van der Waals surface area contributed by atoms with Crippen LogP contribution in [0.3, 0.4) is 0 Å². The van der Waals surface area contributed by atoms with E-state index in [1.54, 1.807) is 0 Å². The van der Waals surface area contributed by atoms with Gasteiger partial charge >= 0.3 is 0 Å². The standard InChI is InChI=1S/C13H15ClS/c1-8-5-10(14)9-7-12(13(2,3)4)15-11(9)6-8/h5-7H,1-4H3. The van der Waals surface area contributed by atoms with Crippen molar-refractivity contribution in [1.29, 1.82) is 0 Å². The maximum Gasteiger partial charge on any atom is 0.0495 e. The van der Waals surface area contributed by atoms with Crippen LogP contribution in [0, 0.1) is 6.92 Å². The molecule has 1 heterocycles. The lowest BCUT2D eigenvalue weighted by atomic mass is 9.94. The zero-order valence-corrected chi connectivity index (χ0v) is 11.1. The second kappa shape index (κ2) is 3.50. The average molecular weight is 239 g/mol. The van der Waals surface area contributed by atoms with Gasteiger partial charge in [0.05, 0.1) is 0 Å². The topological polar surface area (TPSA) is 0 Å². The van der Waals surface area contributed by atoms with Crippen LogP contribution in [0.2, 0.25) is 5.02 Å². The van der Waals surface area contributed by atoms with Crippen LogP contribution in [0.5, 0.6) is 0 Å². The van der Waals surface area contributed by atoms with Crippen LogP contribution in [0.4, 0.5) is 0 Å². The van der Waals surface area contributed by atoms with Gasteiger partial charge in [0.2, 0.25) is 0 Å². The van der Waals surface area contributed by atoms with E-state index >= 15 is 0 Å². The predicted molar refractivity (Wildman–Crippen MR) is 70.3 cm³/mol. The Morgan fingerprint density at radius 1 is 1.13 bits per heavy atom. The van der Waals surface area contributed by atoms with E-state index in [9.17, 15) is 0 Å². The van der Waals surface area contributed by atoms with Gasteiger partial charge in [-0.2, -0.15) is 0 Å². The average Bonchev–Trinajstić information content (AvgIpc) is 2.46. The van der Waals surface area contributed by atoms with Crippen LogP contribution in [0.1, 0.15) is 31.2 Å². The molecular weight excluding hydrogens is 224 g/mol. The molecule has 1 aromatic carbocycles. The monoisotopic (exact) mass is 238 g/mol. The molecule has 0 bridgehead atoms. The fourth-order valence-electron chi connectivity index (χ4n) is 1.59. The van der Waals surface area contributed by atoms with E-state index in [-0.39, 0.29) is 5.41 Å². The molecule has 80 valence electrons. The van der Waals surface area contributed by atoms with E-state index in [1.807, 2.05) is 17.4 Å². The maximum absolute atomic E-state index is 6.23. The van der Waals surface area contributed by atoms with Crippen molar-refractivity contribution < 1.29 is 0 Å². The molecule has 1 aromatic heterocycles. The summed E-state index contributed by atoms with van der Waals surface area (Å²) in [4.78, 5) is 1.39. The molecule has 0 saturated carbocycles. The van der Waals surface area contributed by atoms with E-state index in [0.29, 0.717) is 0 Å². The predicted octanol–water partition coefficient (Wildman–Crippen LogP) is 5.16. The van der Waals surface area contributed by atoms with Gasteiger partial charge in [-0.05, 0) is 36.1 Å². The molecule has 2 heteroatoms. The third kappa shape index (κ3) is 2.04. The van der Waals surface area contributed by atoms with Gasteiger partial charge in [0, 0.05) is 20.0 Å². The summed E-state index contributed by atoms with van der Waals surface area (Å²) in [5.74, 6) is 0. The van der Waals surface area contributed by atoms with Crippen molar-refractivity contribution in [2.24, 2.45) is 0 Å². The van der Waals surface area contributed by atoms with Gasteiger partial charge in [0.1, 0.15) is 0 Å². The van der Waals surface area contributed by atoms with E-state index in [2.05, 4.69) is 39.8 Å². The van der Waals surface area contributed by atoms with E-state index < -0.39 is 0 Å². The van der Waals surface area contributed by atoms with E-state index in [1.165, 1.54) is 20.5 Å². The van der Waals surface area contributed by atoms with Gasteiger partial charge in [-0.1, -0.05) is 32.4 Å². The third-order valence-electron chi connectivity index (χ3n) is 2.47. The van der Waals surface area contributed by atoms with Gasteiger partial charge < -0.3 is 0 Å². The lowest BCUT2D eigenvalue weighted by Gasteiger charge is -2.14. The van der Waals surface area contributed by atoms with E-state index in [4.69, 9.17) is 11.6 Å². The van der Waals surface area contributed by atoms with Crippen LogP contribution in [0.15, 0.2) is 18.2 Å². The molecular formula is C13H15ClS. The molecule has 2 rings (SSSR count). The van der Waals surface area contributed by atoms with Crippen molar-refractivity contribution in [2.45, 2.75) is 33.1 Å². The lowest BCUT2D eigenvalue weighted by Crippen LogP contribution is -2.07. The lowest BCUT2D eigenvalue weighted by molar-refractivity contribution is 0.604. The maximum atomic E-state index is 6.23. The van der Waals surface area contributed by atoms with Gasteiger partial charge in [0.15, 0.2) is 0 Å². The molecule has 2 aromatic rings. The Morgan fingerprint density at radius 2 is 1.80 bits per heavy atom. The number of halogens is 1. The molecule has 0 spiro atoms. The molecule has 0 amide bonds. The molecule has 0 aliphatic rings. The summed E-state index contributed by atoms with van der Waals surface area (Å²) in [6, 6.07) is 6.46. The Hall–Kier alpha value is -0.530. The zero-order valence-electron chi connectivity index (χ0n) is 9.52. The summed E-state index contributed by atoms with van der Waals surface area (Å²) < 4.78 is 1.30. The number of thiophene rings is 1. The Balaban J connectivity index is 2.71. The van der Waals surface area contributed by atoms with Gasteiger partial charge in [-0.15, -0.1) is 11.3 Å². The first-order chi connectivity index (χ1) is 6.88. The van der Waals surface area contributed by atoms with Crippen molar-refractivity contribution in [3.8, 4) is 0 Å². The number of hydrogen-bond acceptors (Lipinski definition) is 1. The molecule has 0 fully saturated rings. The van der Waals surface area contributed by atoms with Gasteiger partial charge in [0.25, 0.3) is 0 Å². The van der Waals surface area contributed by atoms with Gasteiger partial charge in [-0.25, -0.2) is 0 Å². The Bertz CT molecular complexity index is 503. The van der Waals surface area contributed by atoms with Crippen LogP contribution in [-0.4, -0.2) is 0 Å². The highest BCUT2D eigenvalue weighted by Crippen LogP contribution is 2.37. The second-order valence-corrected chi connectivity index (χ2v) is 6.51. The fraction of sp³-hybridized carbons (Fsp3) is 0.385. The van der Waals surface area contributed by atoms with E-state index in [0.717, 1.165) is 5.02 Å². The van der Waals surface area contributed by atoms with Crippen molar-refractivity contribution in [1.82, 2.24) is 0 Å². The summed E-state index contributed by atoms with van der Waals surface area (Å²) in [5, 5.41) is 2.06. The van der Waals surface area contributed by atoms with Crippen molar-refractivity contribution in [2.75, 3.05) is 0 Å². The minimum absolute atomic E-state index is 0.209. The van der Waals surface area contributed by atoms with Crippen molar-refractivity contribution >= 4 is 33.0 Å². The van der Waals surface area contributed by atoms with Crippen LogP contribution < -0.4 is 0 Å². The summed E-state index contributed by atoms with van der Waals surface area (Å²) in [5.41, 5.74) is 1.44. The third-order valence-corrected chi connectivity index (χ3v) is 4.29. The SMILES string of the molecule is Cc1cc(Cl)c2cc(C(C)(C)C)sc2c1. The molecule has 0 N–H and O–H groups in total. The van der Waals surface area contributed by atoms with Crippen LogP contribution in [0.25, 0.3) is 10.1 Å². The highest BCUT2D eigenvalue weighted by atomic mass is 35.5. The number of aryl methyl sites for hydroxylation is 1. The van der Waals surface area contributed by atoms with Crippen LogP contribution >= 0.6 is 22.9 Å². The Morgan fingerprint density at radius 3 is 2.40 bits per heavy atom. The van der Waals surface area contributed by atoms with Crippen molar-refractivity contribution in [3.05, 3.63) is 33.7 Å². The largest absolute Gasteiger partial charge is 0.140 e. The summed E-state index contributed by atoms with van der Waals surface area (Å²) in [7, 11) is 0. The first kappa shape index (κ1) is 11.0. The van der Waals surface area contributed by atoms with Crippen LogP contribution in [-0.2, 0) is 5.41 Å². The number of hydrogen-bond donors (Lipinski definition) is 0. The molecule has 0 saturated heterocycles. The smallest absolute Gasteiger partial charge is 0.0495 e. The number of rotatable bonds is 0. The molecule has 0 aliphatic heterocycles.